The largest absolute Gasteiger partial charge is 0.302 e. The fourth-order valence-electron chi connectivity index (χ4n) is 2.23. The molecule has 0 amide bonds. The molecule has 0 saturated heterocycles. The third kappa shape index (κ3) is 3.60. The molecule has 2 rings (SSSR count). The van der Waals surface area contributed by atoms with Crippen molar-refractivity contribution in [3.05, 3.63) is 50.4 Å². The van der Waals surface area contributed by atoms with Gasteiger partial charge in [-0.05, 0) is 44.9 Å². The highest BCUT2D eigenvalue weighted by Crippen LogP contribution is 2.30. The van der Waals surface area contributed by atoms with Gasteiger partial charge in [-0.2, -0.15) is 0 Å². The van der Waals surface area contributed by atoms with Crippen LogP contribution in [0.1, 0.15) is 48.0 Å². The summed E-state index contributed by atoms with van der Waals surface area (Å²) < 4.78 is 0. The van der Waals surface area contributed by atoms with Crippen LogP contribution in [0.5, 0.6) is 0 Å². The molecular weight excluding hydrogens is 288 g/mol. The predicted molar refractivity (Wildman–Crippen MR) is 87.8 cm³/mol. The number of aryl methyl sites for hydroxylation is 2. The van der Waals surface area contributed by atoms with Crippen LogP contribution in [0.2, 0.25) is 5.02 Å². The molecule has 1 aromatic carbocycles. The molecule has 2 aromatic rings. The zero-order valence-corrected chi connectivity index (χ0v) is 14.0. The second kappa shape index (κ2) is 6.70. The third-order valence-corrected chi connectivity index (χ3v) is 4.49. The van der Waals surface area contributed by atoms with Gasteiger partial charge in [0.1, 0.15) is 5.01 Å². The Bertz CT molecular complexity index is 578. The molecular formula is C16H21ClN2S. The molecule has 0 saturated carbocycles. The van der Waals surface area contributed by atoms with E-state index >= 15 is 0 Å². The van der Waals surface area contributed by atoms with E-state index < -0.39 is 0 Å². The average Bonchev–Trinajstić information content (AvgIpc) is 2.76. The summed E-state index contributed by atoms with van der Waals surface area (Å²) in [4.78, 5) is 6.11. The van der Waals surface area contributed by atoms with E-state index in [2.05, 4.69) is 39.1 Å². The smallest absolute Gasteiger partial charge is 0.115 e. The van der Waals surface area contributed by atoms with E-state index in [0.717, 1.165) is 16.5 Å². The second-order valence-corrected chi connectivity index (χ2v) is 6.89. The highest BCUT2D eigenvalue weighted by molar-refractivity contribution is 7.11. The van der Waals surface area contributed by atoms with Gasteiger partial charge in [0, 0.05) is 15.9 Å². The Labute approximate surface area is 130 Å². The third-order valence-electron chi connectivity index (χ3n) is 3.17. The first-order chi connectivity index (χ1) is 9.51. The highest BCUT2D eigenvalue weighted by atomic mass is 35.5. The van der Waals surface area contributed by atoms with Crippen LogP contribution in [-0.2, 0) is 6.42 Å². The van der Waals surface area contributed by atoms with Crippen LogP contribution in [0.15, 0.2) is 24.3 Å². The molecule has 0 radical (unpaired) electrons. The molecule has 0 fully saturated rings. The fourth-order valence-corrected chi connectivity index (χ4v) is 3.53. The van der Waals surface area contributed by atoms with Crippen molar-refractivity contribution < 1.29 is 0 Å². The van der Waals surface area contributed by atoms with Gasteiger partial charge in [0.15, 0.2) is 0 Å². The van der Waals surface area contributed by atoms with Gasteiger partial charge >= 0.3 is 0 Å². The maximum Gasteiger partial charge on any atom is 0.115 e. The molecule has 1 heterocycles. The Morgan fingerprint density at radius 1 is 1.35 bits per heavy atom. The van der Waals surface area contributed by atoms with Crippen molar-refractivity contribution in [3.8, 4) is 0 Å². The molecule has 4 heteroatoms. The number of hydrogen-bond donors (Lipinski definition) is 1. The van der Waals surface area contributed by atoms with Crippen molar-refractivity contribution in [2.75, 3.05) is 0 Å². The van der Waals surface area contributed by atoms with Crippen LogP contribution in [-0.4, -0.2) is 11.0 Å². The first kappa shape index (κ1) is 15.5. The van der Waals surface area contributed by atoms with Crippen LogP contribution < -0.4 is 5.32 Å². The average molecular weight is 309 g/mol. The van der Waals surface area contributed by atoms with Crippen LogP contribution in [0.3, 0.4) is 0 Å². The van der Waals surface area contributed by atoms with Crippen molar-refractivity contribution in [1.82, 2.24) is 10.3 Å². The van der Waals surface area contributed by atoms with Crippen molar-refractivity contribution in [2.45, 2.75) is 46.2 Å². The summed E-state index contributed by atoms with van der Waals surface area (Å²) in [5.74, 6) is 0. The Morgan fingerprint density at radius 2 is 2.10 bits per heavy atom. The van der Waals surface area contributed by atoms with Gasteiger partial charge in [-0.15, -0.1) is 11.3 Å². The van der Waals surface area contributed by atoms with Gasteiger partial charge in [-0.25, -0.2) is 4.98 Å². The summed E-state index contributed by atoms with van der Waals surface area (Å²) in [5.41, 5.74) is 2.37. The normalized spacial score (nSPS) is 12.9. The fraction of sp³-hybridized carbons (Fsp3) is 0.438. The van der Waals surface area contributed by atoms with Crippen LogP contribution in [0, 0.1) is 6.92 Å². The van der Waals surface area contributed by atoms with E-state index in [-0.39, 0.29) is 6.04 Å². The highest BCUT2D eigenvalue weighted by Gasteiger charge is 2.20. The van der Waals surface area contributed by atoms with Crippen molar-refractivity contribution >= 4 is 22.9 Å². The maximum atomic E-state index is 6.13. The van der Waals surface area contributed by atoms with Gasteiger partial charge in [-0.3, -0.25) is 0 Å². The molecule has 1 N–H and O–H groups in total. The Kier molecular flexibility index (Phi) is 5.19. The number of aromatic nitrogens is 1. The molecule has 0 aliphatic carbocycles. The number of nitrogens with one attached hydrogen (secondary N) is 1. The minimum atomic E-state index is 0.109. The second-order valence-electron chi connectivity index (χ2n) is 5.22. The lowest BCUT2D eigenvalue weighted by Gasteiger charge is -2.20. The molecule has 20 heavy (non-hydrogen) atoms. The lowest BCUT2D eigenvalue weighted by atomic mass is 10.1. The Morgan fingerprint density at radius 3 is 2.65 bits per heavy atom. The molecule has 1 aromatic heterocycles. The number of rotatable bonds is 5. The lowest BCUT2D eigenvalue weighted by Crippen LogP contribution is -2.28. The summed E-state index contributed by atoms with van der Waals surface area (Å²) in [6, 6.07) is 8.51. The summed E-state index contributed by atoms with van der Waals surface area (Å²) >= 11 is 7.90. The van der Waals surface area contributed by atoms with Gasteiger partial charge < -0.3 is 5.32 Å². The standard InChI is InChI=1S/C16H21ClN2S/c1-5-14-11(4)20-16(19-14)15(18-10(2)3)12-7-6-8-13(17)9-12/h6-10,15,18H,5H2,1-4H3. The molecule has 1 atom stereocenters. The minimum absolute atomic E-state index is 0.109. The number of halogens is 1. The van der Waals surface area contributed by atoms with E-state index in [1.807, 2.05) is 18.2 Å². The van der Waals surface area contributed by atoms with E-state index in [1.54, 1.807) is 11.3 Å². The quantitative estimate of drug-likeness (QED) is 0.862. The first-order valence-corrected chi connectivity index (χ1v) is 8.18. The summed E-state index contributed by atoms with van der Waals surface area (Å²) in [5, 5.41) is 5.48. The van der Waals surface area contributed by atoms with Crippen molar-refractivity contribution in [1.29, 1.82) is 0 Å². The topological polar surface area (TPSA) is 24.9 Å². The number of thiazole rings is 1. The van der Waals surface area contributed by atoms with Crippen molar-refractivity contribution in [2.24, 2.45) is 0 Å². The molecule has 0 bridgehead atoms. The van der Waals surface area contributed by atoms with Crippen LogP contribution in [0.4, 0.5) is 0 Å². The van der Waals surface area contributed by atoms with Gasteiger partial charge in [-0.1, -0.05) is 30.7 Å². The Hall–Kier alpha value is -0.900. The summed E-state index contributed by atoms with van der Waals surface area (Å²) in [6.45, 7) is 8.60. The molecule has 2 nitrogen and oxygen atoms in total. The lowest BCUT2D eigenvalue weighted by molar-refractivity contribution is 0.526. The number of nitrogens with zero attached hydrogens (tertiary/aromatic N) is 1. The zero-order chi connectivity index (χ0) is 14.7. The zero-order valence-electron chi connectivity index (χ0n) is 12.4. The van der Waals surface area contributed by atoms with E-state index in [9.17, 15) is 0 Å². The van der Waals surface area contributed by atoms with E-state index in [1.165, 1.54) is 16.1 Å². The summed E-state index contributed by atoms with van der Waals surface area (Å²) in [7, 11) is 0. The monoisotopic (exact) mass is 308 g/mol. The van der Waals surface area contributed by atoms with E-state index in [4.69, 9.17) is 16.6 Å². The molecule has 0 aliphatic rings. The first-order valence-electron chi connectivity index (χ1n) is 6.99. The molecule has 108 valence electrons. The van der Waals surface area contributed by atoms with Crippen LogP contribution in [0.25, 0.3) is 0 Å². The van der Waals surface area contributed by atoms with Crippen LogP contribution >= 0.6 is 22.9 Å². The minimum Gasteiger partial charge on any atom is -0.302 e. The Balaban J connectivity index is 2.41. The van der Waals surface area contributed by atoms with Gasteiger partial charge in [0.05, 0.1) is 11.7 Å². The molecule has 0 spiro atoms. The van der Waals surface area contributed by atoms with Gasteiger partial charge in [0.25, 0.3) is 0 Å². The van der Waals surface area contributed by atoms with E-state index in [0.29, 0.717) is 6.04 Å². The van der Waals surface area contributed by atoms with Gasteiger partial charge in [0.2, 0.25) is 0 Å². The number of hydrogen-bond acceptors (Lipinski definition) is 3. The maximum absolute atomic E-state index is 6.13. The molecule has 0 aliphatic heterocycles. The van der Waals surface area contributed by atoms with Crippen molar-refractivity contribution in [3.63, 3.8) is 0 Å². The predicted octanol–water partition coefficient (Wildman–Crippen LogP) is 4.75. The number of benzene rings is 1. The molecule has 1 unspecified atom stereocenters. The summed E-state index contributed by atoms with van der Waals surface area (Å²) in [6.07, 6.45) is 0.978. The SMILES string of the molecule is CCc1nc(C(NC(C)C)c2cccc(Cl)c2)sc1C.